The summed E-state index contributed by atoms with van der Waals surface area (Å²) in [6.45, 7) is 1.77. The van der Waals surface area contributed by atoms with E-state index >= 15 is 0 Å². The summed E-state index contributed by atoms with van der Waals surface area (Å²) in [4.78, 5) is 2.22. The predicted molar refractivity (Wildman–Crippen MR) is 71.7 cm³/mol. The average molecular weight is 263 g/mol. The maximum atomic E-state index is 11.6. The number of rotatable bonds is 1. The predicted octanol–water partition coefficient (Wildman–Crippen LogP) is 2.09. The number of allylic oxidation sites excluding steroid dienone is 1. The van der Waals surface area contributed by atoms with Crippen molar-refractivity contribution in [2.75, 3.05) is 12.3 Å². The lowest BCUT2D eigenvalue weighted by atomic mass is 9.99. The Kier molecular flexibility index (Phi) is 2.90. The molecule has 0 saturated carbocycles. The Labute approximate surface area is 108 Å². The summed E-state index contributed by atoms with van der Waals surface area (Å²) in [6.07, 6.45) is 2.65. The van der Waals surface area contributed by atoms with E-state index in [-0.39, 0.29) is 0 Å². The summed E-state index contributed by atoms with van der Waals surface area (Å²) in [7, 11) is -2.96. The van der Waals surface area contributed by atoms with Gasteiger partial charge in [0.25, 0.3) is 0 Å². The molecule has 0 aliphatic carbocycles. The lowest BCUT2D eigenvalue weighted by molar-refractivity contribution is 0.309. The van der Waals surface area contributed by atoms with Gasteiger partial charge in [-0.1, -0.05) is 24.3 Å². The van der Waals surface area contributed by atoms with E-state index in [9.17, 15) is 8.42 Å². The van der Waals surface area contributed by atoms with Crippen molar-refractivity contribution in [2.24, 2.45) is 0 Å². The van der Waals surface area contributed by atoms with Gasteiger partial charge in [0, 0.05) is 24.2 Å². The zero-order valence-corrected chi connectivity index (χ0v) is 11.1. The van der Waals surface area contributed by atoms with Gasteiger partial charge in [-0.05, 0) is 30.4 Å². The smallest absolute Gasteiger partial charge is 0.173 e. The molecule has 0 aromatic heterocycles. The quantitative estimate of drug-likeness (QED) is 0.778. The fraction of sp³-hybridized carbons (Fsp3) is 0.429. The topological polar surface area (TPSA) is 37.4 Å². The molecular formula is C14H17NO2S. The van der Waals surface area contributed by atoms with Gasteiger partial charge in [-0.15, -0.1) is 0 Å². The van der Waals surface area contributed by atoms with E-state index in [2.05, 4.69) is 23.1 Å². The van der Waals surface area contributed by atoms with Crippen LogP contribution in [0.1, 0.15) is 24.0 Å². The summed E-state index contributed by atoms with van der Waals surface area (Å²) in [5, 5.41) is 1.49. The third-order valence-corrected chi connectivity index (χ3v) is 5.20. The molecule has 0 atom stereocenters. The molecular weight excluding hydrogens is 246 g/mol. The fourth-order valence-corrected chi connectivity index (χ4v) is 4.10. The Morgan fingerprint density at radius 2 is 1.83 bits per heavy atom. The molecule has 0 spiro atoms. The molecule has 0 bridgehead atoms. The van der Waals surface area contributed by atoms with Crippen LogP contribution in [-0.4, -0.2) is 25.6 Å². The van der Waals surface area contributed by atoms with Gasteiger partial charge in [-0.25, -0.2) is 8.42 Å². The highest BCUT2D eigenvalue weighted by Crippen LogP contribution is 2.26. The van der Waals surface area contributed by atoms with E-state index in [1.807, 2.05) is 6.07 Å². The second-order valence-corrected chi connectivity index (χ2v) is 6.99. The number of sulfone groups is 1. The van der Waals surface area contributed by atoms with Crippen molar-refractivity contribution in [1.82, 2.24) is 4.90 Å². The fourth-order valence-electron chi connectivity index (χ4n) is 2.75. The number of nitrogens with zero attached hydrogens (tertiary/aromatic N) is 1. The molecule has 0 radical (unpaired) electrons. The number of hydrogen-bond donors (Lipinski definition) is 0. The summed E-state index contributed by atoms with van der Waals surface area (Å²) < 4.78 is 23.3. The highest BCUT2D eigenvalue weighted by Gasteiger charge is 2.23. The van der Waals surface area contributed by atoms with Crippen LogP contribution in [0.25, 0.3) is 0 Å². The van der Waals surface area contributed by atoms with Gasteiger partial charge < -0.3 is 4.90 Å². The summed E-state index contributed by atoms with van der Waals surface area (Å²) in [5.41, 5.74) is 3.72. The van der Waals surface area contributed by atoms with Crippen LogP contribution < -0.4 is 0 Å². The molecule has 2 aliphatic rings. The van der Waals surface area contributed by atoms with Crippen molar-refractivity contribution in [3.8, 4) is 0 Å². The minimum Gasteiger partial charge on any atom is -0.370 e. The molecule has 4 heteroatoms. The van der Waals surface area contributed by atoms with Crippen molar-refractivity contribution in [1.29, 1.82) is 0 Å². The standard InChI is InChI=1S/C14H17NO2S/c16-18(17)9-3-6-14(11-18)15-8-7-12-4-1-2-5-13(12)10-15/h1-2,4-5,11H,3,6-10H2. The molecule has 0 saturated heterocycles. The molecule has 3 nitrogen and oxygen atoms in total. The second-order valence-electron chi connectivity index (χ2n) is 5.02. The molecule has 18 heavy (non-hydrogen) atoms. The maximum Gasteiger partial charge on any atom is 0.173 e. The SMILES string of the molecule is O=S1(=O)C=C(N2CCc3ccccc3C2)CCC1. The van der Waals surface area contributed by atoms with Crippen molar-refractivity contribution in [2.45, 2.75) is 25.8 Å². The zero-order chi connectivity index (χ0) is 12.6. The highest BCUT2D eigenvalue weighted by molar-refractivity contribution is 7.94. The minimum absolute atomic E-state index is 0.306. The third kappa shape index (κ3) is 2.29. The van der Waals surface area contributed by atoms with E-state index in [0.717, 1.165) is 38.0 Å². The van der Waals surface area contributed by atoms with E-state index in [0.29, 0.717) is 5.75 Å². The Morgan fingerprint density at radius 3 is 2.61 bits per heavy atom. The maximum absolute atomic E-state index is 11.6. The molecule has 0 fully saturated rings. The van der Waals surface area contributed by atoms with Crippen LogP contribution >= 0.6 is 0 Å². The van der Waals surface area contributed by atoms with Gasteiger partial charge in [0.15, 0.2) is 9.84 Å². The summed E-state index contributed by atoms with van der Waals surface area (Å²) in [6, 6.07) is 8.42. The zero-order valence-electron chi connectivity index (χ0n) is 10.3. The molecule has 96 valence electrons. The van der Waals surface area contributed by atoms with Crippen LogP contribution in [0.2, 0.25) is 0 Å². The van der Waals surface area contributed by atoms with Gasteiger partial charge in [-0.3, -0.25) is 0 Å². The van der Waals surface area contributed by atoms with Crippen LogP contribution in [0.4, 0.5) is 0 Å². The molecule has 3 rings (SSSR count). The molecule has 0 unspecified atom stereocenters. The lowest BCUT2D eigenvalue weighted by Gasteiger charge is -2.33. The molecule has 2 heterocycles. The van der Waals surface area contributed by atoms with Gasteiger partial charge in [0.2, 0.25) is 0 Å². The van der Waals surface area contributed by atoms with Gasteiger partial charge in [0.1, 0.15) is 0 Å². The van der Waals surface area contributed by atoms with Crippen LogP contribution in [0, 0.1) is 0 Å². The first-order chi connectivity index (χ1) is 8.64. The molecule has 0 N–H and O–H groups in total. The van der Waals surface area contributed by atoms with Crippen molar-refractivity contribution in [3.05, 3.63) is 46.5 Å². The number of hydrogen-bond acceptors (Lipinski definition) is 3. The Morgan fingerprint density at radius 1 is 1.06 bits per heavy atom. The highest BCUT2D eigenvalue weighted by atomic mass is 32.2. The van der Waals surface area contributed by atoms with Crippen molar-refractivity contribution >= 4 is 9.84 Å². The Balaban J connectivity index is 1.86. The normalized spacial score (nSPS) is 22.2. The first-order valence-electron chi connectivity index (χ1n) is 6.39. The summed E-state index contributed by atoms with van der Waals surface area (Å²) in [5.74, 6) is 0.306. The largest absolute Gasteiger partial charge is 0.370 e. The molecule has 0 amide bonds. The van der Waals surface area contributed by atoms with Crippen LogP contribution in [0.5, 0.6) is 0 Å². The van der Waals surface area contributed by atoms with Crippen molar-refractivity contribution < 1.29 is 8.42 Å². The van der Waals surface area contributed by atoms with Crippen LogP contribution in [0.3, 0.4) is 0 Å². The van der Waals surface area contributed by atoms with Gasteiger partial charge >= 0.3 is 0 Å². The number of benzene rings is 1. The van der Waals surface area contributed by atoms with Crippen LogP contribution in [0.15, 0.2) is 35.4 Å². The second kappa shape index (κ2) is 4.43. The average Bonchev–Trinajstić information content (AvgIpc) is 2.37. The summed E-state index contributed by atoms with van der Waals surface area (Å²) >= 11 is 0. The Hall–Kier alpha value is -1.29. The molecule has 1 aromatic rings. The molecule has 1 aromatic carbocycles. The first-order valence-corrected chi connectivity index (χ1v) is 8.11. The van der Waals surface area contributed by atoms with Crippen molar-refractivity contribution in [3.63, 3.8) is 0 Å². The molecule has 2 aliphatic heterocycles. The van der Waals surface area contributed by atoms with E-state index < -0.39 is 9.84 Å². The first kappa shape index (κ1) is 11.8. The minimum atomic E-state index is -2.96. The van der Waals surface area contributed by atoms with E-state index in [1.54, 1.807) is 0 Å². The van der Waals surface area contributed by atoms with Gasteiger partial charge in [-0.2, -0.15) is 0 Å². The van der Waals surface area contributed by atoms with E-state index in [4.69, 9.17) is 0 Å². The van der Waals surface area contributed by atoms with Crippen LogP contribution in [-0.2, 0) is 22.8 Å². The number of fused-ring (bicyclic) bond motifs is 1. The Bertz CT molecular complexity index is 590. The lowest BCUT2D eigenvalue weighted by Crippen LogP contribution is -2.31. The van der Waals surface area contributed by atoms with E-state index in [1.165, 1.54) is 16.5 Å². The van der Waals surface area contributed by atoms with Gasteiger partial charge in [0.05, 0.1) is 5.75 Å². The monoisotopic (exact) mass is 263 g/mol. The third-order valence-electron chi connectivity index (χ3n) is 3.71.